The van der Waals surface area contributed by atoms with Gasteiger partial charge in [-0.15, -0.1) is 0 Å². The van der Waals surface area contributed by atoms with Crippen molar-refractivity contribution in [3.05, 3.63) is 42.3 Å². The van der Waals surface area contributed by atoms with Crippen LogP contribution in [0.1, 0.15) is 0 Å². The predicted molar refractivity (Wildman–Crippen MR) is 65.3 cm³/mol. The van der Waals surface area contributed by atoms with Crippen LogP contribution in [0.25, 0.3) is 21.7 Å². The molecule has 1 aromatic heterocycles. The van der Waals surface area contributed by atoms with E-state index in [1.807, 2.05) is 18.2 Å². The fourth-order valence-corrected chi connectivity index (χ4v) is 2.30. The van der Waals surface area contributed by atoms with E-state index in [4.69, 9.17) is 9.47 Å². The maximum atomic E-state index is 13.7. The number of rotatable bonds is 0. The van der Waals surface area contributed by atoms with E-state index in [2.05, 4.69) is 4.98 Å². The van der Waals surface area contributed by atoms with Crippen LogP contribution in [-0.2, 0) is 0 Å². The molecule has 0 unspecified atom stereocenters. The lowest BCUT2D eigenvalue weighted by Crippen LogP contribution is -1.92. The SMILES string of the molecule is Fc1cccc2c1ncc1cc3c(cc12)OCO3. The Morgan fingerprint density at radius 3 is 2.78 bits per heavy atom. The maximum Gasteiger partial charge on any atom is 0.231 e. The Kier molecular flexibility index (Phi) is 1.78. The molecule has 3 nitrogen and oxygen atoms in total. The molecule has 88 valence electrons. The van der Waals surface area contributed by atoms with E-state index in [0.29, 0.717) is 17.0 Å². The highest BCUT2D eigenvalue weighted by Crippen LogP contribution is 2.38. The number of aromatic nitrogens is 1. The van der Waals surface area contributed by atoms with Crippen molar-refractivity contribution in [3.63, 3.8) is 0 Å². The molecule has 0 spiro atoms. The Hall–Kier alpha value is -2.36. The summed E-state index contributed by atoms with van der Waals surface area (Å²) in [5.41, 5.74) is 0.379. The minimum absolute atomic E-state index is 0.228. The smallest absolute Gasteiger partial charge is 0.231 e. The summed E-state index contributed by atoms with van der Waals surface area (Å²) < 4.78 is 24.3. The molecule has 0 aliphatic carbocycles. The molecule has 0 saturated heterocycles. The summed E-state index contributed by atoms with van der Waals surface area (Å²) >= 11 is 0. The molecule has 0 radical (unpaired) electrons. The van der Waals surface area contributed by atoms with Crippen LogP contribution in [0.2, 0.25) is 0 Å². The molecule has 1 aliphatic rings. The van der Waals surface area contributed by atoms with E-state index in [1.54, 1.807) is 12.3 Å². The Morgan fingerprint density at radius 2 is 1.89 bits per heavy atom. The van der Waals surface area contributed by atoms with Crippen LogP contribution in [0.4, 0.5) is 4.39 Å². The third-order valence-electron chi connectivity index (χ3n) is 3.15. The van der Waals surface area contributed by atoms with Crippen LogP contribution >= 0.6 is 0 Å². The van der Waals surface area contributed by atoms with Gasteiger partial charge in [0.1, 0.15) is 11.3 Å². The van der Waals surface area contributed by atoms with Crippen LogP contribution < -0.4 is 9.47 Å². The van der Waals surface area contributed by atoms with Gasteiger partial charge in [0.15, 0.2) is 11.5 Å². The summed E-state index contributed by atoms with van der Waals surface area (Å²) in [6.07, 6.45) is 1.66. The number of fused-ring (bicyclic) bond motifs is 4. The Bertz CT molecular complexity index is 785. The van der Waals surface area contributed by atoms with E-state index in [1.165, 1.54) is 6.07 Å². The minimum Gasteiger partial charge on any atom is -0.454 e. The summed E-state index contributed by atoms with van der Waals surface area (Å²) in [7, 11) is 0. The van der Waals surface area contributed by atoms with Crippen molar-refractivity contribution < 1.29 is 13.9 Å². The highest BCUT2D eigenvalue weighted by atomic mass is 19.1. The van der Waals surface area contributed by atoms with Crippen molar-refractivity contribution in [2.45, 2.75) is 0 Å². The molecule has 0 bridgehead atoms. The summed E-state index contributed by atoms with van der Waals surface area (Å²) in [6, 6.07) is 8.70. The summed E-state index contributed by atoms with van der Waals surface area (Å²) in [5.74, 6) is 1.09. The van der Waals surface area contributed by atoms with Gasteiger partial charge in [0.05, 0.1) is 0 Å². The molecule has 18 heavy (non-hydrogen) atoms. The van der Waals surface area contributed by atoms with Gasteiger partial charge >= 0.3 is 0 Å². The van der Waals surface area contributed by atoms with Crippen molar-refractivity contribution in [1.29, 1.82) is 0 Å². The van der Waals surface area contributed by atoms with Gasteiger partial charge in [0.25, 0.3) is 0 Å². The lowest BCUT2D eigenvalue weighted by molar-refractivity contribution is 0.174. The first-order valence-electron chi connectivity index (χ1n) is 5.59. The first-order valence-corrected chi connectivity index (χ1v) is 5.59. The normalized spacial score (nSPS) is 13.4. The van der Waals surface area contributed by atoms with Crippen LogP contribution in [0.5, 0.6) is 11.5 Å². The van der Waals surface area contributed by atoms with Crippen molar-refractivity contribution in [2.24, 2.45) is 0 Å². The van der Waals surface area contributed by atoms with E-state index < -0.39 is 0 Å². The monoisotopic (exact) mass is 241 g/mol. The van der Waals surface area contributed by atoms with Gasteiger partial charge in [-0.05, 0) is 23.6 Å². The molecule has 4 heteroatoms. The highest BCUT2D eigenvalue weighted by molar-refractivity contribution is 6.06. The largest absolute Gasteiger partial charge is 0.454 e. The Labute approximate surface area is 102 Å². The molecule has 0 saturated carbocycles. The van der Waals surface area contributed by atoms with Gasteiger partial charge in [0, 0.05) is 17.0 Å². The topological polar surface area (TPSA) is 31.4 Å². The average molecular weight is 241 g/mol. The number of nitrogens with zero attached hydrogens (tertiary/aromatic N) is 1. The fourth-order valence-electron chi connectivity index (χ4n) is 2.30. The van der Waals surface area contributed by atoms with E-state index in [-0.39, 0.29) is 12.6 Å². The zero-order valence-corrected chi connectivity index (χ0v) is 9.31. The van der Waals surface area contributed by atoms with E-state index >= 15 is 0 Å². The van der Waals surface area contributed by atoms with Gasteiger partial charge < -0.3 is 9.47 Å². The third kappa shape index (κ3) is 1.20. The van der Waals surface area contributed by atoms with Crippen LogP contribution in [0.15, 0.2) is 36.5 Å². The summed E-state index contributed by atoms with van der Waals surface area (Å²) in [4.78, 5) is 4.16. The van der Waals surface area contributed by atoms with Crippen molar-refractivity contribution in [1.82, 2.24) is 4.98 Å². The first-order chi connectivity index (χ1) is 8.83. The van der Waals surface area contributed by atoms with Crippen LogP contribution in [0, 0.1) is 5.82 Å². The van der Waals surface area contributed by atoms with Gasteiger partial charge in [-0.2, -0.15) is 0 Å². The Morgan fingerprint density at radius 1 is 1.06 bits per heavy atom. The molecule has 2 heterocycles. The number of halogens is 1. The second-order valence-electron chi connectivity index (χ2n) is 4.19. The molecule has 0 fully saturated rings. The predicted octanol–water partition coefficient (Wildman–Crippen LogP) is 3.26. The van der Waals surface area contributed by atoms with E-state index in [9.17, 15) is 4.39 Å². The molecule has 3 aromatic rings. The van der Waals surface area contributed by atoms with Gasteiger partial charge in [-0.25, -0.2) is 4.39 Å². The zero-order chi connectivity index (χ0) is 12.1. The number of hydrogen-bond donors (Lipinski definition) is 0. The molecule has 0 atom stereocenters. The first kappa shape index (κ1) is 9.65. The maximum absolute atomic E-state index is 13.7. The third-order valence-corrected chi connectivity index (χ3v) is 3.15. The van der Waals surface area contributed by atoms with Crippen molar-refractivity contribution in [3.8, 4) is 11.5 Å². The summed E-state index contributed by atoms with van der Waals surface area (Å²) in [5, 5.41) is 2.62. The zero-order valence-electron chi connectivity index (χ0n) is 9.31. The summed E-state index contributed by atoms with van der Waals surface area (Å²) in [6.45, 7) is 0.228. The van der Waals surface area contributed by atoms with Gasteiger partial charge in [-0.3, -0.25) is 4.98 Å². The van der Waals surface area contributed by atoms with Gasteiger partial charge in [-0.1, -0.05) is 12.1 Å². The number of hydrogen-bond acceptors (Lipinski definition) is 3. The molecule has 2 aromatic carbocycles. The molecule has 1 aliphatic heterocycles. The Balaban J connectivity index is 2.18. The quantitative estimate of drug-likeness (QED) is 0.566. The fraction of sp³-hybridized carbons (Fsp3) is 0.0714. The second-order valence-corrected chi connectivity index (χ2v) is 4.19. The molecule has 0 amide bonds. The molecule has 4 rings (SSSR count). The highest BCUT2D eigenvalue weighted by Gasteiger charge is 2.16. The number of ether oxygens (including phenoxy) is 2. The van der Waals surface area contributed by atoms with Gasteiger partial charge in [0.2, 0.25) is 6.79 Å². The van der Waals surface area contributed by atoms with E-state index in [0.717, 1.165) is 16.2 Å². The lowest BCUT2D eigenvalue weighted by Gasteiger charge is -2.05. The molecule has 0 N–H and O–H groups in total. The number of para-hydroxylation sites is 1. The van der Waals surface area contributed by atoms with Crippen LogP contribution in [0.3, 0.4) is 0 Å². The lowest BCUT2D eigenvalue weighted by atomic mass is 10.1. The second kappa shape index (κ2) is 3.32. The van der Waals surface area contributed by atoms with Crippen molar-refractivity contribution >= 4 is 21.7 Å². The average Bonchev–Trinajstić information content (AvgIpc) is 2.83. The van der Waals surface area contributed by atoms with Crippen molar-refractivity contribution in [2.75, 3.05) is 6.79 Å². The standard InChI is InChI=1S/C14H8FNO2/c15-11-3-1-2-9-10-5-13-12(17-7-18-13)4-8(10)6-16-14(9)11/h1-6H,7H2. The molecular formula is C14H8FNO2. The number of pyridine rings is 1. The molecular weight excluding hydrogens is 233 g/mol. The van der Waals surface area contributed by atoms with Crippen LogP contribution in [-0.4, -0.2) is 11.8 Å². The minimum atomic E-state index is -0.313. The number of benzene rings is 2.